The summed E-state index contributed by atoms with van der Waals surface area (Å²) in [6, 6.07) is 7.14. The molecular weight excluding hydrogens is 349 g/mol. The van der Waals surface area contributed by atoms with Crippen molar-refractivity contribution in [3.63, 3.8) is 0 Å². The molecule has 3 N–H and O–H groups in total. The molecule has 27 heavy (non-hydrogen) atoms. The lowest BCUT2D eigenvalue weighted by Crippen LogP contribution is -2.31. The van der Waals surface area contributed by atoms with Crippen LogP contribution in [0.15, 0.2) is 30.5 Å². The van der Waals surface area contributed by atoms with Crippen LogP contribution in [-0.4, -0.2) is 39.7 Å². The Hall–Kier alpha value is -2.87. The van der Waals surface area contributed by atoms with Crippen molar-refractivity contribution in [3.05, 3.63) is 36.0 Å². The highest BCUT2D eigenvalue weighted by molar-refractivity contribution is 5.88. The smallest absolute Gasteiger partial charge is 0.245 e. The fourth-order valence-electron chi connectivity index (χ4n) is 3.55. The van der Waals surface area contributed by atoms with Gasteiger partial charge in [-0.05, 0) is 37.0 Å². The van der Waals surface area contributed by atoms with E-state index in [1.807, 2.05) is 18.3 Å². The summed E-state index contributed by atoms with van der Waals surface area (Å²) in [6.07, 6.45) is 5.33. The molecule has 1 fully saturated rings. The van der Waals surface area contributed by atoms with Crippen molar-refractivity contribution < 1.29 is 14.2 Å². The summed E-state index contributed by atoms with van der Waals surface area (Å²) in [5, 5.41) is 14.0. The van der Waals surface area contributed by atoms with Gasteiger partial charge in [-0.3, -0.25) is 0 Å². The summed E-state index contributed by atoms with van der Waals surface area (Å²) in [4.78, 5) is 6.67. The molecular formula is C19H22FN5O2. The molecule has 7 nitrogen and oxygen atoms in total. The lowest BCUT2D eigenvalue weighted by Gasteiger charge is -2.26. The van der Waals surface area contributed by atoms with Gasteiger partial charge in [-0.1, -0.05) is 12.1 Å². The molecule has 0 bridgehead atoms. The monoisotopic (exact) mass is 371 g/mol. The van der Waals surface area contributed by atoms with E-state index in [0.717, 1.165) is 37.1 Å². The number of alkyl halides is 1. The summed E-state index contributed by atoms with van der Waals surface area (Å²) >= 11 is 0. The van der Waals surface area contributed by atoms with Crippen LogP contribution in [0.2, 0.25) is 0 Å². The van der Waals surface area contributed by atoms with E-state index in [9.17, 15) is 9.50 Å². The average molecular weight is 371 g/mol. The number of fused-ring (bicyclic) bond motifs is 1. The average Bonchev–Trinajstić information content (AvgIpc) is 3.13. The Kier molecular flexibility index (Phi) is 4.81. The van der Waals surface area contributed by atoms with E-state index in [0.29, 0.717) is 28.6 Å². The van der Waals surface area contributed by atoms with Gasteiger partial charge in [0.1, 0.15) is 11.3 Å². The Morgan fingerprint density at radius 1 is 1.19 bits per heavy atom. The van der Waals surface area contributed by atoms with Crippen molar-refractivity contribution in [3.8, 4) is 16.9 Å². The Morgan fingerprint density at radius 3 is 2.74 bits per heavy atom. The summed E-state index contributed by atoms with van der Waals surface area (Å²) < 4.78 is 19.4. The highest BCUT2D eigenvalue weighted by atomic mass is 19.1. The first-order valence-corrected chi connectivity index (χ1v) is 9.04. The van der Waals surface area contributed by atoms with Crippen LogP contribution in [0, 0.1) is 0 Å². The molecule has 1 aliphatic rings. The Labute approximate surface area is 156 Å². The van der Waals surface area contributed by atoms with Gasteiger partial charge in [-0.15, -0.1) is 5.10 Å². The third kappa shape index (κ3) is 3.28. The molecule has 4 rings (SSSR count). The second-order valence-electron chi connectivity index (χ2n) is 6.60. The van der Waals surface area contributed by atoms with E-state index in [2.05, 4.69) is 15.0 Å². The van der Waals surface area contributed by atoms with E-state index >= 15 is 0 Å². The van der Waals surface area contributed by atoms with Crippen LogP contribution < -0.4 is 15.4 Å². The molecule has 8 heteroatoms. The second kappa shape index (κ2) is 7.40. The molecule has 1 saturated heterocycles. The van der Waals surface area contributed by atoms with Crippen LogP contribution in [0.4, 0.5) is 16.2 Å². The largest absolute Gasteiger partial charge is 0.463 e. The fourth-order valence-corrected chi connectivity index (χ4v) is 3.55. The predicted octanol–water partition coefficient (Wildman–Crippen LogP) is 2.77. The molecule has 1 aromatic carbocycles. The molecule has 0 radical (unpaired) electrons. The SMILES string of the molecule is Nc1nc(N2CCCCC2)nn2ccc(-c3ccc(CO)c(OCF)c3)c12. The minimum Gasteiger partial charge on any atom is -0.463 e. The number of ether oxygens (including phenoxy) is 1. The van der Waals surface area contributed by atoms with E-state index in [4.69, 9.17) is 10.5 Å². The van der Waals surface area contributed by atoms with Crippen LogP contribution in [-0.2, 0) is 6.61 Å². The first-order valence-electron chi connectivity index (χ1n) is 9.04. The lowest BCUT2D eigenvalue weighted by molar-refractivity contribution is 0.184. The van der Waals surface area contributed by atoms with Gasteiger partial charge < -0.3 is 20.5 Å². The number of hydrogen-bond acceptors (Lipinski definition) is 6. The number of anilines is 2. The van der Waals surface area contributed by atoms with Gasteiger partial charge in [0.15, 0.2) is 5.82 Å². The number of aliphatic hydroxyl groups excluding tert-OH is 1. The maximum Gasteiger partial charge on any atom is 0.245 e. The number of rotatable bonds is 5. The van der Waals surface area contributed by atoms with Gasteiger partial charge in [0.2, 0.25) is 12.8 Å². The third-order valence-electron chi connectivity index (χ3n) is 4.92. The van der Waals surface area contributed by atoms with Crippen molar-refractivity contribution in [1.29, 1.82) is 0 Å². The van der Waals surface area contributed by atoms with Crippen LogP contribution in [0.25, 0.3) is 16.6 Å². The number of nitrogen functional groups attached to an aromatic ring is 1. The summed E-state index contributed by atoms with van der Waals surface area (Å²) in [5.74, 6) is 1.34. The normalized spacial score (nSPS) is 14.7. The molecule has 0 unspecified atom stereocenters. The number of nitrogens with zero attached hydrogens (tertiary/aromatic N) is 4. The predicted molar refractivity (Wildman–Crippen MR) is 101 cm³/mol. The number of aliphatic hydroxyl groups is 1. The van der Waals surface area contributed by atoms with Gasteiger partial charge in [0.25, 0.3) is 0 Å². The highest BCUT2D eigenvalue weighted by Crippen LogP contribution is 2.33. The molecule has 0 spiro atoms. The van der Waals surface area contributed by atoms with Crippen LogP contribution >= 0.6 is 0 Å². The van der Waals surface area contributed by atoms with Crippen molar-refractivity contribution in [1.82, 2.24) is 14.6 Å². The van der Waals surface area contributed by atoms with Gasteiger partial charge in [-0.25, -0.2) is 8.91 Å². The maximum absolute atomic E-state index is 12.7. The standard InChI is InChI=1S/C19H22FN5O2/c20-12-27-16-10-13(4-5-14(16)11-26)15-6-9-25-17(15)18(21)22-19(23-25)24-7-2-1-3-8-24/h4-6,9-10,26H,1-3,7-8,11-12H2,(H2,21,22,23). The van der Waals surface area contributed by atoms with Crippen molar-refractivity contribution >= 4 is 17.3 Å². The van der Waals surface area contributed by atoms with E-state index < -0.39 is 6.86 Å². The molecule has 142 valence electrons. The molecule has 0 amide bonds. The molecule has 3 aromatic rings. The quantitative estimate of drug-likeness (QED) is 0.717. The number of hydrogen-bond donors (Lipinski definition) is 2. The zero-order chi connectivity index (χ0) is 18.8. The Morgan fingerprint density at radius 2 is 2.00 bits per heavy atom. The molecule has 2 aromatic heterocycles. The van der Waals surface area contributed by atoms with Crippen molar-refractivity contribution in [2.24, 2.45) is 0 Å². The summed E-state index contributed by atoms with van der Waals surface area (Å²) in [5.41, 5.74) is 9.10. The fraction of sp³-hybridized carbons (Fsp3) is 0.368. The zero-order valence-electron chi connectivity index (χ0n) is 14.9. The maximum atomic E-state index is 12.7. The molecule has 0 atom stereocenters. The Balaban J connectivity index is 1.76. The van der Waals surface area contributed by atoms with Gasteiger partial charge in [0, 0.05) is 30.4 Å². The Bertz CT molecular complexity index is 953. The first kappa shape index (κ1) is 17.5. The van der Waals surface area contributed by atoms with Crippen LogP contribution in [0.3, 0.4) is 0 Å². The second-order valence-corrected chi connectivity index (χ2v) is 6.60. The number of nitrogens with two attached hydrogens (primary N) is 1. The summed E-state index contributed by atoms with van der Waals surface area (Å²) in [6.45, 7) is 0.686. The number of halogens is 1. The molecule has 0 saturated carbocycles. The van der Waals surface area contributed by atoms with Crippen LogP contribution in [0.1, 0.15) is 24.8 Å². The number of benzene rings is 1. The van der Waals surface area contributed by atoms with Gasteiger partial charge in [0.05, 0.1) is 6.61 Å². The minimum atomic E-state index is -0.961. The van der Waals surface area contributed by atoms with E-state index in [1.165, 1.54) is 6.42 Å². The zero-order valence-corrected chi connectivity index (χ0v) is 14.9. The van der Waals surface area contributed by atoms with E-state index in [-0.39, 0.29) is 6.61 Å². The lowest BCUT2D eigenvalue weighted by atomic mass is 10.0. The van der Waals surface area contributed by atoms with Gasteiger partial charge >= 0.3 is 0 Å². The van der Waals surface area contributed by atoms with E-state index in [1.54, 1.807) is 16.6 Å². The van der Waals surface area contributed by atoms with Crippen molar-refractivity contribution in [2.45, 2.75) is 25.9 Å². The van der Waals surface area contributed by atoms with Gasteiger partial charge in [-0.2, -0.15) is 4.98 Å². The topological polar surface area (TPSA) is 88.9 Å². The van der Waals surface area contributed by atoms with Crippen molar-refractivity contribution in [2.75, 3.05) is 30.6 Å². The molecule has 0 aliphatic carbocycles. The minimum absolute atomic E-state index is 0.226. The first-order chi connectivity index (χ1) is 13.2. The number of piperidine rings is 1. The highest BCUT2D eigenvalue weighted by Gasteiger charge is 2.18. The molecule has 1 aliphatic heterocycles. The molecule has 3 heterocycles. The third-order valence-corrected chi connectivity index (χ3v) is 4.92. The summed E-state index contributed by atoms with van der Waals surface area (Å²) in [7, 11) is 0. The van der Waals surface area contributed by atoms with Crippen LogP contribution in [0.5, 0.6) is 5.75 Å². The number of aromatic nitrogens is 3.